The number of benzene rings is 1. The van der Waals surface area contributed by atoms with Gasteiger partial charge in [-0.1, -0.05) is 12.1 Å². The summed E-state index contributed by atoms with van der Waals surface area (Å²) >= 11 is 0. The summed E-state index contributed by atoms with van der Waals surface area (Å²) in [6, 6.07) is 10.3. The number of nitro groups is 1. The summed E-state index contributed by atoms with van der Waals surface area (Å²) < 4.78 is 10.8. The third-order valence-corrected chi connectivity index (χ3v) is 4.91. The lowest BCUT2D eigenvalue weighted by atomic mass is 9.97. The number of carbonyl (C=O) groups is 1. The van der Waals surface area contributed by atoms with E-state index in [1.807, 2.05) is 24.3 Å². The Morgan fingerprint density at radius 2 is 1.93 bits per heavy atom. The summed E-state index contributed by atoms with van der Waals surface area (Å²) in [6.07, 6.45) is 1.63. The zero-order valence-electron chi connectivity index (χ0n) is 16.1. The molecule has 9 nitrogen and oxygen atoms in total. The van der Waals surface area contributed by atoms with Crippen molar-refractivity contribution in [3.63, 3.8) is 0 Å². The van der Waals surface area contributed by atoms with Crippen molar-refractivity contribution in [1.29, 1.82) is 0 Å². The zero-order chi connectivity index (χ0) is 20.8. The van der Waals surface area contributed by atoms with Gasteiger partial charge in [-0.2, -0.15) is 4.98 Å². The Balaban J connectivity index is 1.76. The Hall–Kier alpha value is -3.20. The summed E-state index contributed by atoms with van der Waals surface area (Å²) in [7, 11) is 1.65. The quantitative estimate of drug-likeness (QED) is 0.529. The van der Waals surface area contributed by atoms with E-state index in [1.165, 1.54) is 12.1 Å². The number of carboxylic acid groups (broad SMARTS) is 1. The number of aliphatic carboxylic acids is 1. The topological polar surface area (TPSA) is 115 Å². The molecule has 1 aromatic heterocycles. The lowest BCUT2D eigenvalue weighted by molar-refractivity contribution is -0.384. The van der Waals surface area contributed by atoms with Crippen molar-refractivity contribution < 1.29 is 24.3 Å². The van der Waals surface area contributed by atoms with E-state index < -0.39 is 16.8 Å². The highest BCUT2D eigenvalue weighted by Gasteiger charge is 2.29. The number of methoxy groups -OCH3 is 1. The van der Waals surface area contributed by atoms with Crippen LogP contribution in [0.15, 0.2) is 36.4 Å². The number of pyridine rings is 1. The largest absolute Gasteiger partial charge is 0.481 e. The summed E-state index contributed by atoms with van der Waals surface area (Å²) in [5.74, 6) is -0.244. The van der Waals surface area contributed by atoms with Gasteiger partial charge in [0.15, 0.2) is 0 Å². The molecule has 1 aliphatic heterocycles. The number of hydrogen-bond donors (Lipinski definition) is 1. The third kappa shape index (κ3) is 5.20. The molecule has 1 aromatic carbocycles. The maximum Gasteiger partial charge on any atom is 0.311 e. The van der Waals surface area contributed by atoms with Crippen LogP contribution in [-0.2, 0) is 16.0 Å². The van der Waals surface area contributed by atoms with Crippen molar-refractivity contribution in [1.82, 2.24) is 4.98 Å². The van der Waals surface area contributed by atoms with Crippen molar-refractivity contribution in [3.05, 3.63) is 52.1 Å². The molecule has 3 rings (SSSR count). The van der Waals surface area contributed by atoms with Gasteiger partial charge in [0.2, 0.25) is 11.7 Å². The van der Waals surface area contributed by atoms with E-state index in [1.54, 1.807) is 12.0 Å². The monoisotopic (exact) mass is 401 g/mol. The first kappa shape index (κ1) is 20.5. The predicted octanol–water partition coefficient (Wildman–Crippen LogP) is 3.27. The van der Waals surface area contributed by atoms with E-state index >= 15 is 0 Å². The minimum Gasteiger partial charge on any atom is -0.481 e. The number of piperidine rings is 1. The minimum atomic E-state index is -0.835. The Kier molecular flexibility index (Phi) is 6.61. The van der Waals surface area contributed by atoms with Crippen LogP contribution >= 0.6 is 0 Å². The average molecular weight is 401 g/mol. The van der Waals surface area contributed by atoms with E-state index in [9.17, 15) is 14.9 Å². The Morgan fingerprint density at radius 3 is 2.52 bits per heavy atom. The fourth-order valence-corrected chi connectivity index (χ4v) is 3.26. The predicted molar refractivity (Wildman–Crippen MR) is 106 cm³/mol. The second kappa shape index (κ2) is 9.33. The van der Waals surface area contributed by atoms with Crippen LogP contribution in [0.1, 0.15) is 18.4 Å². The number of anilines is 1. The molecule has 0 radical (unpaired) electrons. The molecule has 0 bridgehead atoms. The third-order valence-electron chi connectivity index (χ3n) is 4.91. The smallest absolute Gasteiger partial charge is 0.311 e. The van der Waals surface area contributed by atoms with E-state index in [2.05, 4.69) is 4.98 Å². The fourth-order valence-electron chi connectivity index (χ4n) is 3.26. The number of carboxylic acids is 1. The first-order chi connectivity index (χ1) is 14.0. The average Bonchev–Trinajstić information content (AvgIpc) is 2.73. The molecule has 0 amide bonds. The highest BCUT2D eigenvalue weighted by atomic mass is 16.6. The SMILES string of the molecule is COCCc1ccc(Oc2ccc([N+](=O)[O-])c(N3CCC(C(=O)O)CC3)n2)cc1. The highest BCUT2D eigenvalue weighted by molar-refractivity contribution is 5.70. The van der Waals surface area contributed by atoms with Gasteiger partial charge in [0.25, 0.3) is 0 Å². The molecule has 1 saturated heterocycles. The summed E-state index contributed by atoms with van der Waals surface area (Å²) in [6.45, 7) is 1.41. The van der Waals surface area contributed by atoms with Crippen molar-refractivity contribution >= 4 is 17.5 Å². The molecular weight excluding hydrogens is 378 g/mol. The van der Waals surface area contributed by atoms with E-state index in [0.717, 1.165) is 12.0 Å². The van der Waals surface area contributed by atoms with Crippen LogP contribution in [-0.4, -0.2) is 47.8 Å². The van der Waals surface area contributed by atoms with Gasteiger partial charge in [-0.25, -0.2) is 0 Å². The fraction of sp³-hybridized carbons (Fsp3) is 0.400. The normalized spacial score (nSPS) is 14.6. The molecule has 29 heavy (non-hydrogen) atoms. The molecular formula is C20H23N3O6. The minimum absolute atomic E-state index is 0.124. The van der Waals surface area contributed by atoms with Crippen molar-refractivity contribution in [3.8, 4) is 11.6 Å². The van der Waals surface area contributed by atoms with Crippen LogP contribution in [0.25, 0.3) is 0 Å². The number of aromatic nitrogens is 1. The molecule has 0 saturated carbocycles. The van der Waals surface area contributed by atoms with Gasteiger partial charge >= 0.3 is 11.7 Å². The number of nitrogens with zero attached hydrogens (tertiary/aromatic N) is 3. The number of hydrogen-bond acceptors (Lipinski definition) is 7. The molecule has 154 valence electrons. The van der Waals surface area contributed by atoms with Gasteiger partial charge in [-0.15, -0.1) is 0 Å². The molecule has 0 spiro atoms. The maximum absolute atomic E-state index is 11.4. The highest BCUT2D eigenvalue weighted by Crippen LogP contribution is 2.33. The van der Waals surface area contributed by atoms with E-state index in [-0.39, 0.29) is 17.4 Å². The van der Waals surface area contributed by atoms with Crippen molar-refractivity contribution in [2.24, 2.45) is 5.92 Å². The summed E-state index contributed by atoms with van der Waals surface area (Å²) in [4.78, 5) is 28.2. The van der Waals surface area contributed by atoms with Crippen LogP contribution < -0.4 is 9.64 Å². The Morgan fingerprint density at radius 1 is 1.24 bits per heavy atom. The summed E-state index contributed by atoms with van der Waals surface area (Å²) in [5, 5.41) is 20.6. The van der Waals surface area contributed by atoms with Gasteiger partial charge < -0.3 is 19.5 Å². The summed E-state index contributed by atoms with van der Waals surface area (Å²) in [5.41, 5.74) is 0.985. The zero-order valence-corrected chi connectivity index (χ0v) is 16.1. The van der Waals surface area contributed by atoms with Gasteiger partial charge in [-0.3, -0.25) is 14.9 Å². The number of ether oxygens (including phenoxy) is 2. The van der Waals surface area contributed by atoms with E-state index in [0.29, 0.717) is 38.3 Å². The first-order valence-electron chi connectivity index (χ1n) is 9.37. The Bertz CT molecular complexity index is 863. The van der Waals surface area contributed by atoms with Gasteiger partial charge in [0, 0.05) is 32.3 Å². The molecule has 2 heterocycles. The van der Waals surface area contributed by atoms with Gasteiger partial charge in [-0.05, 0) is 37.0 Å². The van der Waals surface area contributed by atoms with E-state index in [4.69, 9.17) is 14.6 Å². The molecule has 0 unspecified atom stereocenters. The van der Waals surface area contributed by atoms with Crippen LogP contribution in [0.5, 0.6) is 11.6 Å². The second-order valence-corrected chi connectivity index (χ2v) is 6.84. The maximum atomic E-state index is 11.4. The van der Waals surface area contributed by atoms with Crippen LogP contribution in [0.4, 0.5) is 11.5 Å². The van der Waals surface area contributed by atoms with Crippen LogP contribution in [0, 0.1) is 16.0 Å². The van der Waals surface area contributed by atoms with Crippen molar-refractivity contribution in [2.45, 2.75) is 19.3 Å². The standard InChI is InChI=1S/C20H23N3O6/c1-28-13-10-14-2-4-16(5-3-14)29-18-7-6-17(23(26)27)19(21-18)22-11-8-15(9-12-22)20(24)25/h2-7,15H,8-13H2,1H3,(H,24,25). The molecule has 2 aromatic rings. The first-order valence-corrected chi connectivity index (χ1v) is 9.37. The molecule has 1 aliphatic rings. The molecule has 1 N–H and O–H groups in total. The molecule has 0 atom stereocenters. The molecule has 0 aliphatic carbocycles. The van der Waals surface area contributed by atoms with Crippen molar-refractivity contribution in [2.75, 3.05) is 31.7 Å². The Labute approximate surface area is 168 Å². The van der Waals surface area contributed by atoms with Gasteiger partial charge in [0.05, 0.1) is 17.4 Å². The second-order valence-electron chi connectivity index (χ2n) is 6.84. The number of rotatable bonds is 8. The van der Waals surface area contributed by atoms with Crippen LogP contribution in [0.2, 0.25) is 0 Å². The van der Waals surface area contributed by atoms with Gasteiger partial charge in [0.1, 0.15) is 5.75 Å². The van der Waals surface area contributed by atoms with Crippen LogP contribution in [0.3, 0.4) is 0 Å². The molecule has 1 fully saturated rings. The lowest BCUT2D eigenvalue weighted by Crippen LogP contribution is -2.37. The molecule has 9 heteroatoms. The lowest BCUT2D eigenvalue weighted by Gasteiger charge is -2.30.